The molecule has 2 aromatic rings. The molecule has 6 aliphatic carbocycles. The minimum atomic E-state index is 0.442. The highest BCUT2D eigenvalue weighted by Gasteiger charge is 2.19. The molecule has 1 atom stereocenters. The molecule has 280 valence electrons. The molecule has 0 spiro atoms. The van der Waals surface area contributed by atoms with Crippen LogP contribution in [-0.4, -0.2) is 0 Å². The molecule has 0 radical (unpaired) electrons. The lowest BCUT2D eigenvalue weighted by atomic mass is 9.91. The first-order chi connectivity index (χ1) is 28.3. The summed E-state index contributed by atoms with van der Waals surface area (Å²) in [7, 11) is 0. The number of nitrogens with zero attached hydrogens (tertiary/aromatic N) is 2. The van der Waals surface area contributed by atoms with E-state index in [1.807, 2.05) is 0 Å². The Kier molecular flexibility index (Phi) is 12.3. The molecule has 0 amide bonds. The fraction of sp³-hybridized carbons (Fsp3) is 0.127. The van der Waals surface area contributed by atoms with E-state index in [1.165, 1.54) is 39.4 Å². The average molecular weight is 739 g/mol. The van der Waals surface area contributed by atoms with Gasteiger partial charge in [0.15, 0.2) is 0 Å². The van der Waals surface area contributed by atoms with Crippen LogP contribution in [0.2, 0.25) is 0 Å². The quantitative estimate of drug-likeness (QED) is 0.239. The first-order valence-corrected chi connectivity index (χ1v) is 20.3. The Morgan fingerprint density at radius 3 is 2.18 bits per heavy atom. The first-order valence-electron chi connectivity index (χ1n) is 20.3. The molecule has 0 N–H and O–H groups in total. The lowest BCUT2D eigenvalue weighted by Crippen LogP contribution is -2.20. The predicted molar refractivity (Wildman–Crippen MR) is 245 cm³/mol. The van der Waals surface area contributed by atoms with Gasteiger partial charge in [-0.25, -0.2) is 0 Å². The van der Waals surface area contributed by atoms with Gasteiger partial charge in [-0.05, 0) is 121 Å². The van der Waals surface area contributed by atoms with Crippen LogP contribution >= 0.6 is 0 Å². The summed E-state index contributed by atoms with van der Waals surface area (Å²) in [5.74, 6) is 0.442. The van der Waals surface area contributed by atoms with Gasteiger partial charge in [-0.1, -0.05) is 164 Å². The fourth-order valence-electron chi connectivity index (χ4n) is 7.78. The van der Waals surface area contributed by atoms with Crippen LogP contribution in [0.25, 0.3) is 6.08 Å². The van der Waals surface area contributed by atoms with E-state index in [2.05, 4.69) is 235 Å². The molecule has 0 aliphatic heterocycles. The molecule has 0 fully saturated rings. The number of allylic oxidation sites excluding steroid dienone is 31. The van der Waals surface area contributed by atoms with Crippen molar-refractivity contribution in [2.45, 2.75) is 38.5 Å². The Bertz CT molecular complexity index is 2370. The molecule has 0 heterocycles. The standard InChI is InChI=1S/C55H50N2/c1-2-8-20-46(19-7-1)48-24-17-31-54(43-38-48)57(51-25-11-3-4-12-26-51)55-40-35-45(36-41-55)33-32-44-18-15-29-52(39-34-44)56(50-27-13-6-14-28-50)53-30-16-23-49(37-42-53)47-21-9-5-10-22-47/h1-3,5-15,17-19,21,23,25-28,30-43,47H,4,16,20,22,24,29H2/b33-32+. The Balaban J connectivity index is 1.02. The minimum absolute atomic E-state index is 0.442. The van der Waals surface area contributed by atoms with Gasteiger partial charge >= 0.3 is 0 Å². The van der Waals surface area contributed by atoms with Crippen molar-refractivity contribution in [3.63, 3.8) is 0 Å². The van der Waals surface area contributed by atoms with Gasteiger partial charge in [-0.2, -0.15) is 0 Å². The first kappa shape index (κ1) is 37.3. The van der Waals surface area contributed by atoms with Gasteiger partial charge in [0, 0.05) is 46.5 Å². The van der Waals surface area contributed by atoms with Crippen LogP contribution in [0, 0.1) is 5.92 Å². The summed E-state index contributed by atoms with van der Waals surface area (Å²) >= 11 is 0. The monoisotopic (exact) mass is 738 g/mol. The molecular weight excluding hydrogens is 689 g/mol. The van der Waals surface area contributed by atoms with E-state index in [1.54, 1.807) is 0 Å². The van der Waals surface area contributed by atoms with Crippen molar-refractivity contribution in [1.29, 1.82) is 0 Å². The molecule has 0 saturated carbocycles. The average Bonchev–Trinajstić information content (AvgIpc) is 3.92. The second-order valence-corrected chi connectivity index (χ2v) is 14.7. The molecule has 0 bridgehead atoms. The SMILES string of the molecule is C1=CC=C(C2=CC=C(N(C3=CC=CCC=C3)c3ccc(/C=C/C4=CC=C(N(C5=CCC=C(C6C=CC=CC6)C=C5)c5ccccc5)CC=C4)cc3)C=CC2)CC=C1. The zero-order chi connectivity index (χ0) is 38.5. The Labute approximate surface area is 339 Å². The van der Waals surface area contributed by atoms with Gasteiger partial charge in [0.05, 0.1) is 0 Å². The Hall–Kier alpha value is -6.64. The normalized spacial score (nSPS) is 20.2. The molecule has 0 saturated heterocycles. The number of anilines is 2. The lowest BCUT2D eigenvalue weighted by molar-refractivity contribution is 0.783. The molecule has 0 aromatic heterocycles. The van der Waals surface area contributed by atoms with Gasteiger partial charge in [0.25, 0.3) is 0 Å². The van der Waals surface area contributed by atoms with E-state index in [9.17, 15) is 0 Å². The summed E-state index contributed by atoms with van der Waals surface area (Å²) in [6.07, 6.45) is 68.3. The summed E-state index contributed by atoms with van der Waals surface area (Å²) in [6, 6.07) is 19.7. The van der Waals surface area contributed by atoms with Gasteiger partial charge < -0.3 is 9.80 Å². The van der Waals surface area contributed by atoms with Crippen molar-refractivity contribution in [2.24, 2.45) is 5.92 Å². The van der Waals surface area contributed by atoms with Crippen molar-refractivity contribution in [3.8, 4) is 0 Å². The summed E-state index contributed by atoms with van der Waals surface area (Å²) in [4.78, 5) is 4.77. The lowest BCUT2D eigenvalue weighted by Gasteiger charge is -2.28. The molecule has 2 heteroatoms. The van der Waals surface area contributed by atoms with E-state index in [0.717, 1.165) is 61.2 Å². The van der Waals surface area contributed by atoms with E-state index in [0.29, 0.717) is 5.92 Å². The maximum Gasteiger partial charge on any atom is 0.0462 e. The minimum Gasteiger partial charge on any atom is -0.314 e. The summed E-state index contributed by atoms with van der Waals surface area (Å²) in [6.45, 7) is 0. The van der Waals surface area contributed by atoms with Gasteiger partial charge in [0.2, 0.25) is 0 Å². The number of hydrogen-bond donors (Lipinski definition) is 0. The summed E-state index contributed by atoms with van der Waals surface area (Å²) in [5.41, 5.74) is 13.5. The Morgan fingerprint density at radius 2 is 1.28 bits per heavy atom. The second-order valence-electron chi connectivity index (χ2n) is 14.7. The number of benzene rings is 2. The topological polar surface area (TPSA) is 6.48 Å². The summed E-state index contributed by atoms with van der Waals surface area (Å²) in [5, 5.41) is 0. The zero-order valence-corrected chi connectivity index (χ0v) is 32.6. The van der Waals surface area contributed by atoms with Crippen LogP contribution in [0.4, 0.5) is 11.4 Å². The van der Waals surface area contributed by atoms with Crippen LogP contribution in [0.15, 0.2) is 264 Å². The van der Waals surface area contributed by atoms with Gasteiger partial charge in [-0.3, -0.25) is 0 Å². The molecule has 8 rings (SSSR count). The largest absolute Gasteiger partial charge is 0.314 e. The highest BCUT2D eigenvalue weighted by atomic mass is 15.2. The number of para-hydroxylation sites is 1. The molecule has 57 heavy (non-hydrogen) atoms. The van der Waals surface area contributed by atoms with Crippen molar-refractivity contribution < 1.29 is 0 Å². The van der Waals surface area contributed by atoms with Gasteiger partial charge in [-0.15, -0.1) is 0 Å². The maximum atomic E-state index is 2.41. The van der Waals surface area contributed by atoms with E-state index in [-0.39, 0.29) is 0 Å². The molecule has 2 aromatic carbocycles. The van der Waals surface area contributed by atoms with Crippen molar-refractivity contribution >= 4 is 17.5 Å². The van der Waals surface area contributed by atoms with E-state index in [4.69, 9.17) is 0 Å². The predicted octanol–water partition coefficient (Wildman–Crippen LogP) is 14.3. The van der Waals surface area contributed by atoms with Crippen LogP contribution in [0.3, 0.4) is 0 Å². The summed E-state index contributed by atoms with van der Waals surface area (Å²) < 4.78 is 0. The third-order valence-electron chi connectivity index (χ3n) is 10.8. The number of hydrogen-bond acceptors (Lipinski definition) is 2. The molecule has 6 aliphatic rings. The van der Waals surface area contributed by atoms with Crippen LogP contribution in [-0.2, 0) is 0 Å². The van der Waals surface area contributed by atoms with E-state index >= 15 is 0 Å². The zero-order valence-electron chi connectivity index (χ0n) is 32.6. The fourth-order valence-corrected chi connectivity index (χ4v) is 7.78. The third kappa shape index (κ3) is 9.61. The van der Waals surface area contributed by atoms with Crippen molar-refractivity contribution in [1.82, 2.24) is 0 Å². The van der Waals surface area contributed by atoms with Crippen LogP contribution < -0.4 is 9.80 Å². The number of rotatable bonds is 10. The van der Waals surface area contributed by atoms with Crippen molar-refractivity contribution in [2.75, 3.05) is 9.80 Å². The highest BCUT2D eigenvalue weighted by molar-refractivity contribution is 5.68. The van der Waals surface area contributed by atoms with Crippen LogP contribution in [0.5, 0.6) is 0 Å². The maximum absolute atomic E-state index is 2.41. The molecule has 2 nitrogen and oxygen atoms in total. The molecule has 1 unspecified atom stereocenters. The second kappa shape index (κ2) is 18.8. The molecular formula is C55H50N2. The van der Waals surface area contributed by atoms with Gasteiger partial charge in [0.1, 0.15) is 0 Å². The highest BCUT2D eigenvalue weighted by Crippen LogP contribution is 2.34. The van der Waals surface area contributed by atoms with Crippen LogP contribution in [0.1, 0.15) is 44.1 Å². The Morgan fingerprint density at radius 1 is 0.474 bits per heavy atom. The van der Waals surface area contributed by atoms with E-state index < -0.39 is 0 Å². The smallest absolute Gasteiger partial charge is 0.0462 e. The third-order valence-corrected chi connectivity index (χ3v) is 10.8. The van der Waals surface area contributed by atoms with Crippen molar-refractivity contribution in [3.05, 3.63) is 269 Å².